The van der Waals surface area contributed by atoms with Gasteiger partial charge in [0.1, 0.15) is 13.2 Å². The molecule has 0 saturated heterocycles. The Hall–Kier alpha value is -2.32. The lowest BCUT2D eigenvalue weighted by Crippen LogP contribution is -2.46. The maximum atomic E-state index is 12.8. The van der Waals surface area contributed by atoms with E-state index in [1.54, 1.807) is 0 Å². The van der Waals surface area contributed by atoms with Crippen LogP contribution in [0.15, 0.2) is 85.1 Å². The van der Waals surface area contributed by atoms with E-state index in [0.717, 1.165) is 83.5 Å². The topological polar surface area (TPSA) is 105 Å². The number of allylic oxidation sites excluding steroid dienone is 14. The van der Waals surface area contributed by atoms with Gasteiger partial charge in [-0.1, -0.05) is 221 Å². The molecule has 0 fully saturated rings. The Morgan fingerprint density at radius 2 is 0.923 bits per heavy atom. The molecule has 0 heterocycles. The first kappa shape index (κ1) is 62.7. The Morgan fingerprint density at radius 1 is 0.538 bits per heavy atom. The largest absolute Gasteiger partial charge is 0.472 e. The number of quaternary nitrogens is 1. The van der Waals surface area contributed by atoms with Gasteiger partial charge in [0.2, 0.25) is 5.91 Å². The molecule has 3 N–H and O–H groups in total. The van der Waals surface area contributed by atoms with Crippen molar-refractivity contribution in [1.82, 2.24) is 5.32 Å². The number of hydrogen-bond donors (Lipinski definition) is 3. The molecule has 65 heavy (non-hydrogen) atoms. The first-order chi connectivity index (χ1) is 31.5. The minimum atomic E-state index is -4.31. The second-order valence-electron chi connectivity index (χ2n) is 18.9. The highest BCUT2D eigenvalue weighted by molar-refractivity contribution is 7.47. The summed E-state index contributed by atoms with van der Waals surface area (Å²) in [6.45, 7) is 4.70. The zero-order valence-electron chi connectivity index (χ0n) is 42.7. The molecule has 0 aromatic rings. The summed E-state index contributed by atoms with van der Waals surface area (Å²) in [7, 11) is 1.61. The number of hydrogen-bond acceptors (Lipinski definition) is 5. The van der Waals surface area contributed by atoms with E-state index in [0.29, 0.717) is 23.9 Å². The number of carbonyl (C=O) groups excluding carboxylic acids is 1. The molecular formula is C56H102N2O6P+. The SMILES string of the molecule is CC/C=C\C/C=C\C/C=C\C/C=C\C/C=C\C/C=C\C/C=C\CCCCCCCCCCCCCCCCCC(=O)NC(COP(=O)(O)OCC[N+](C)(C)C)C(O)CCCCCCCC. The van der Waals surface area contributed by atoms with E-state index in [4.69, 9.17) is 9.05 Å². The van der Waals surface area contributed by atoms with Crippen molar-refractivity contribution in [1.29, 1.82) is 0 Å². The molecule has 3 unspecified atom stereocenters. The second-order valence-corrected chi connectivity index (χ2v) is 20.3. The quantitative estimate of drug-likeness (QED) is 0.0243. The summed E-state index contributed by atoms with van der Waals surface area (Å²) >= 11 is 0. The Morgan fingerprint density at radius 3 is 1.35 bits per heavy atom. The smallest absolute Gasteiger partial charge is 0.391 e. The van der Waals surface area contributed by atoms with Crippen LogP contribution in [-0.4, -0.2) is 73.4 Å². The van der Waals surface area contributed by atoms with Crippen LogP contribution in [0.2, 0.25) is 0 Å². The summed E-state index contributed by atoms with van der Waals surface area (Å²) in [4.78, 5) is 23.1. The number of nitrogens with one attached hydrogen (secondary N) is 1. The summed E-state index contributed by atoms with van der Waals surface area (Å²) in [6.07, 6.45) is 65.4. The van der Waals surface area contributed by atoms with Gasteiger partial charge >= 0.3 is 7.82 Å². The Bertz CT molecular complexity index is 1330. The molecule has 9 heteroatoms. The van der Waals surface area contributed by atoms with E-state index in [2.05, 4.69) is 104 Å². The van der Waals surface area contributed by atoms with Crippen LogP contribution in [0.5, 0.6) is 0 Å². The minimum absolute atomic E-state index is 0.0717. The number of rotatable bonds is 47. The molecule has 0 bridgehead atoms. The molecule has 3 atom stereocenters. The Balaban J connectivity index is 3.86. The number of likely N-dealkylation sites (N-methyl/N-ethyl adjacent to an activating group) is 1. The van der Waals surface area contributed by atoms with Gasteiger partial charge in [-0.2, -0.15) is 0 Å². The third kappa shape index (κ3) is 49.4. The maximum absolute atomic E-state index is 12.8. The lowest BCUT2D eigenvalue weighted by atomic mass is 10.0. The predicted molar refractivity (Wildman–Crippen MR) is 281 cm³/mol. The highest BCUT2D eigenvalue weighted by atomic mass is 31.2. The van der Waals surface area contributed by atoms with Gasteiger partial charge in [-0.15, -0.1) is 0 Å². The number of aliphatic hydroxyl groups excluding tert-OH is 1. The van der Waals surface area contributed by atoms with Crippen molar-refractivity contribution in [2.24, 2.45) is 0 Å². The van der Waals surface area contributed by atoms with Gasteiger partial charge in [-0.3, -0.25) is 13.8 Å². The molecular weight excluding hydrogens is 828 g/mol. The molecule has 0 aromatic heterocycles. The van der Waals surface area contributed by atoms with E-state index in [1.165, 1.54) is 103 Å². The van der Waals surface area contributed by atoms with Crippen LogP contribution in [0.4, 0.5) is 0 Å². The van der Waals surface area contributed by atoms with Crippen molar-refractivity contribution < 1.29 is 32.9 Å². The lowest BCUT2D eigenvalue weighted by Gasteiger charge is -2.26. The zero-order valence-corrected chi connectivity index (χ0v) is 43.6. The summed E-state index contributed by atoms with van der Waals surface area (Å²) in [5, 5.41) is 13.8. The van der Waals surface area contributed by atoms with Gasteiger partial charge in [0.05, 0.1) is 39.9 Å². The third-order valence-corrected chi connectivity index (χ3v) is 12.4. The molecule has 8 nitrogen and oxygen atoms in total. The number of amides is 1. The molecule has 0 aliphatic heterocycles. The van der Waals surface area contributed by atoms with E-state index < -0.39 is 20.0 Å². The minimum Gasteiger partial charge on any atom is -0.391 e. The van der Waals surface area contributed by atoms with Gasteiger partial charge in [0.25, 0.3) is 0 Å². The van der Waals surface area contributed by atoms with Gasteiger partial charge in [-0.25, -0.2) is 4.57 Å². The summed E-state index contributed by atoms with van der Waals surface area (Å²) in [5.74, 6) is -0.153. The average Bonchev–Trinajstić information content (AvgIpc) is 3.26. The number of aliphatic hydroxyl groups is 1. The molecule has 0 aliphatic rings. The molecule has 376 valence electrons. The van der Waals surface area contributed by atoms with Crippen LogP contribution in [0.1, 0.15) is 213 Å². The van der Waals surface area contributed by atoms with E-state index in [1.807, 2.05) is 21.1 Å². The fourth-order valence-corrected chi connectivity index (χ4v) is 8.00. The van der Waals surface area contributed by atoms with Gasteiger partial charge in [-0.05, 0) is 70.6 Å². The van der Waals surface area contributed by atoms with E-state index in [-0.39, 0.29) is 19.1 Å². The van der Waals surface area contributed by atoms with Crippen molar-refractivity contribution in [3.8, 4) is 0 Å². The summed E-state index contributed by atoms with van der Waals surface area (Å²) in [6, 6.07) is -0.760. The van der Waals surface area contributed by atoms with Crippen LogP contribution in [0.3, 0.4) is 0 Å². The molecule has 0 aliphatic carbocycles. The molecule has 0 saturated carbocycles. The van der Waals surface area contributed by atoms with Gasteiger partial charge < -0.3 is 19.8 Å². The molecule has 0 aromatic carbocycles. The van der Waals surface area contributed by atoms with Crippen LogP contribution in [0, 0.1) is 0 Å². The molecule has 0 radical (unpaired) electrons. The zero-order chi connectivity index (χ0) is 47.8. The fourth-order valence-electron chi connectivity index (χ4n) is 7.26. The van der Waals surface area contributed by atoms with Gasteiger partial charge in [0, 0.05) is 6.42 Å². The van der Waals surface area contributed by atoms with Crippen LogP contribution in [-0.2, 0) is 18.4 Å². The first-order valence-electron chi connectivity index (χ1n) is 26.5. The third-order valence-electron chi connectivity index (χ3n) is 11.4. The van der Waals surface area contributed by atoms with E-state index >= 15 is 0 Å². The summed E-state index contributed by atoms with van der Waals surface area (Å²) in [5.41, 5.74) is 0. The van der Waals surface area contributed by atoms with Crippen molar-refractivity contribution in [3.05, 3.63) is 85.1 Å². The van der Waals surface area contributed by atoms with E-state index in [9.17, 15) is 19.4 Å². The fraction of sp³-hybridized carbons (Fsp3) is 0.732. The highest BCUT2D eigenvalue weighted by Crippen LogP contribution is 2.43. The lowest BCUT2D eigenvalue weighted by molar-refractivity contribution is -0.870. The average molecular weight is 930 g/mol. The van der Waals surface area contributed by atoms with Crippen LogP contribution < -0.4 is 5.32 Å². The second kappa shape index (κ2) is 46.8. The van der Waals surface area contributed by atoms with Crippen LogP contribution >= 0.6 is 7.82 Å². The summed E-state index contributed by atoms with van der Waals surface area (Å²) < 4.78 is 23.5. The first-order valence-corrected chi connectivity index (χ1v) is 27.9. The number of unbranched alkanes of at least 4 members (excludes halogenated alkanes) is 20. The number of phosphoric ester groups is 1. The normalized spacial score (nSPS) is 14.8. The maximum Gasteiger partial charge on any atom is 0.472 e. The van der Waals surface area contributed by atoms with Gasteiger partial charge in [0.15, 0.2) is 0 Å². The van der Waals surface area contributed by atoms with Crippen molar-refractivity contribution in [2.75, 3.05) is 40.9 Å². The monoisotopic (exact) mass is 930 g/mol. The predicted octanol–water partition coefficient (Wildman–Crippen LogP) is 15.7. The Labute approximate surface area is 401 Å². The number of nitrogens with zero attached hydrogens (tertiary/aromatic N) is 1. The highest BCUT2D eigenvalue weighted by Gasteiger charge is 2.28. The molecule has 1 amide bonds. The number of carbonyl (C=O) groups is 1. The molecule has 0 spiro atoms. The van der Waals surface area contributed by atoms with Crippen LogP contribution in [0.25, 0.3) is 0 Å². The Kier molecular flexibility index (Phi) is 45.1. The van der Waals surface area contributed by atoms with Crippen molar-refractivity contribution >= 4 is 13.7 Å². The molecule has 0 rings (SSSR count). The standard InChI is InChI=1S/C56H101N2O6P/c1-6-8-10-12-14-15-16-17-18-19-20-21-22-23-24-25-26-27-28-29-30-31-32-33-34-35-36-37-38-39-40-41-42-43-44-46-48-50-56(60)57-54(55(59)49-47-45-13-11-9-7-2)53-64-65(61,62)63-52-51-58(3,4)5/h8,10,14-15,17-18,20-21,23-24,26-27,29-30,54-55,59H,6-7,9,11-13,16,19,22,25,28,31-53H2,1-5H3,(H-,57,60,61,62)/p+1/b10-8-,15-14-,18-17-,21-20-,24-23-,27-26-,30-29-. The number of phosphoric acid groups is 1. The van der Waals surface area contributed by atoms with Crippen molar-refractivity contribution in [3.63, 3.8) is 0 Å². The van der Waals surface area contributed by atoms with Crippen molar-refractivity contribution in [2.45, 2.75) is 225 Å².